The smallest absolute Gasteiger partial charge is 0.317 e. The summed E-state index contributed by atoms with van der Waals surface area (Å²) < 4.78 is 0. The van der Waals surface area contributed by atoms with Crippen molar-refractivity contribution in [2.75, 3.05) is 18.8 Å². The first-order valence-electron chi connectivity index (χ1n) is 8.33. The molecule has 1 aromatic carbocycles. The number of rotatable bonds is 5. The third-order valence-electron chi connectivity index (χ3n) is 4.19. The van der Waals surface area contributed by atoms with Crippen molar-refractivity contribution in [2.24, 2.45) is 11.8 Å². The molecule has 24 heavy (non-hydrogen) atoms. The molecule has 1 fully saturated rings. The van der Waals surface area contributed by atoms with E-state index in [0.717, 1.165) is 5.75 Å². The molecule has 0 saturated carbocycles. The fourth-order valence-corrected chi connectivity index (χ4v) is 3.75. The third kappa shape index (κ3) is 5.44. The quantitative estimate of drug-likeness (QED) is 0.800. The molecule has 2 amide bonds. The topological polar surface area (TPSA) is 69.6 Å². The van der Waals surface area contributed by atoms with Gasteiger partial charge in [-0.2, -0.15) is 0 Å². The van der Waals surface area contributed by atoms with E-state index in [4.69, 9.17) is 0 Å². The number of carboxylic acids is 1. The maximum absolute atomic E-state index is 12.4. The summed E-state index contributed by atoms with van der Waals surface area (Å²) >= 11 is 1.70. The molecule has 1 aliphatic rings. The number of carboxylic acid groups (broad SMARTS) is 1. The molecule has 1 aromatic rings. The number of aliphatic carboxylic acids is 1. The van der Waals surface area contributed by atoms with Gasteiger partial charge in [-0.15, -0.1) is 11.8 Å². The number of piperidine rings is 1. The Labute approximate surface area is 147 Å². The van der Waals surface area contributed by atoms with Gasteiger partial charge in [0.15, 0.2) is 0 Å². The van der Waals surface area contributed by atoms with Crippen LogP contribution in [0.2, 0.25) is 0 Å². The maximum atomic E-state index is 12.4. The van der Waals surface area contributed by atoms with Gasteiger partial charge in [-0.3, -0.25) is 4.79 Å². The van der Waals surface area contributed by atoms with E-state index >= 15 is 0 Å². The lowest BCUT2D eigenvalue weighted by Gasteiger charge is -2.35. The van der Waals surface area contributed by atoms with Gasteiger partial charge in [0.05, 0.1) is 5.92 Å². The first kappa shape index (κ1) is 18.6. The monoisotopic (exact) mass is 350 g/mol. The van der Waals surface area contributed by atoms with E-state index < -0.39 is 11.9 Å². The number of hydrogen-bond acceptors (Lipinski definition) is 3. The second kappa shape index (κ2) is 8.42. The van der Waals surface area contributed by atoms with Crippen molar-refractivity contribution < 1.29 is 14.7 Å². The van der Waals surface area contributed by atoms with Crippen LogP contribution < -0.4 is 5.32 Å². The highest BCUT2D eigenvalue weighted by Crippen LogP contribution is 2.22. The SMILES string of the molecule is Cc1ccc(SCC(C)NC(=O)N2CC(C)CC(C(=O)O)C2)cc1. The van der Waals surface area contributed by atoms with Crippen LogP contribution in [0.15, 0.2) is 29.2 Å². The summed E-state index contributed by atoms with van der Waals surface area (Å²) in [6.45, 7) is 6.94. The van der Waals surface area contributed by atoms with Gasteiger partial charge in [0.1, 0.15) is 0 Å². The van der Waals surface area contributed by atoms with Crippen LogP contribution in [0.1, 0.15) is 25.8 Å². The normalized spacial score (nSPS) is 22.0. The van der Waals surface area contributed by atoms with Crippen LogP contribution in [0.4, 0.5) is 4.79 Å². The van der Waals surface area contributed by atoms with Gasteiger partial charge in [-0.25, -0.2) is 4.79 Å². The van der Waals surface area contributed by atoms with Crippen LogP contribution in [0, 0.1) is 18.8 Å². The van der Waals surface area contributed by atoms with Crippen LogP contribution >= 0.6 is 11.8 Å². The largest absolute Gasteiger partial charge is 0.481 e. The van der Waals surface area contributed by atoms with Gasteiger partial charge in [0.2, 0.25) is 0 Å². The molecule has 2 rings (SSSR count). The predicted octanol–water partition coefficient (Wildman–Crippen LogP) is 3.23. The molecule has 1 aliphatic heterocycles. The van der Waals surface area contributed by atoms with Gasteiger partial charge >= 0.3 is 12.0 Å². The number of nitrogens with zero attached hydrogens (tertiary/aromatic N) is 1. The standard InChI is InChI=1S/C18H26N2O3S/c1-12-4-6-16(7-5-12)24-11-14(3)19-18(23)20-9-13(2)8-15(10-20)17(21)22/h4-7,13-15H,8-11H2,1-3H3,(H,19,23)(H,21,22). The van der Waals surface area contributed by atoms with Crippen LogP contribution in [-0.2, 0) is 4.79 Å². The number of amides is 2. The zero-order valence-corrected chi connectivity index (χ0v) is 15.3. The van der Waals surface area contributed by atoms with E-state index in [1.54, 1.807) is 16.7 Å². The zero-order valence-electron chi connectivity index (χ0n) is 14.5. The number of likely N-dealkylation sites (tertiary alicyclic amines) is 1. The van der Waals surface area contributed by atoms with Crippen molar-refractivity contribution in [1.82, 2.24) is 10.2 Å². The predicted molar refractivity (Wildman–Crippen MR) is 96.4 cm³/mol. The van der Waals surface area contributed by atoms with Crippen LogP contribution in [-0.4, -0.2) is 46.9 Å². The van der Waals surface area contributed by atoms with Crippen molar-refractivity contribution >= 4 is 23.8 Å². The van der Waals surface area contributed by atoms with Crippen LogP contribution in [0.25, 0.3) is 0 Å². The summed E-state index contributed by atoms with van der Waals surface area (Å²) in [5, 5.41) is 12.2. The van der Waals surface area contributed by atoms with Crippen molar-refractivity contribution in [3.63, 3.8) is 0 Å². The highest BCUT2D eigenvalue weighted by molar-refractivity contribution is 7.99. The molecule has 0 bridgehead atoms. The maximum Gasteiger partial charge on any atom is 0.317 e. The van der Waals surface area contributed by atoms with Crippen molar-refractivity contribution in [3.05, 3.63) is 29.8 Å². The number of nitrogens with one attached hydrogen (secondary N) is 1. The minimum atomic E-state index is -0.817. The first-order valence-corrected chi connectivity index (χ1v) is 9.31. The zero-order chi connectivity index (χ0) is 17.7. The number of hydrogen-bond donors (Lipinski definition) is 2. The highest BCUT2D eigenvalue weighted by atomic mass is 32.2. The molecule has 3 unspecified atom stereocenters. The molecule has 5 nitrogen and oxygen atoms in total. The Morgan fingerprint density at radius 2 is 2.00 bits per heavy atom. The number of thioether (sulfide) groups is 1. The van der Waals surface area contributed by atoms with E-state index in [1.165, 1.54) is 10.5 Å². The molecule has 3 atom stereocenters. The van der Waals surface area contributed by atoms with E-state index in [1.807, 2.05) is 13.8 Å². The first-order chi connectivity index (χ1) is 11.3. The van der Waals surface area contributed by atoms with Gasteiger partial charge in [0, 0.05) is 29.8 Å². The lowest BCUT2D eigenvalue weighted by molar-refractivity contribution is -0.143. The molecule has 0 aromatic heterocycles. The lowest BCUT2D eigenvalue weighted by atomic mass is 9.91. The molecule has 0 aliphatic carbocycles. The molecule has 2 N–H and O–H groups in total. The molecule has 6 heteroatoms. The number of carbonyl (C=O) groups is 2. The van der Waals surface area contributed by atoms with Crippen LogP contribution in [0.3, 0.4) is 0 Å². The second-order valence-electron chi connectivity index (χ2n) is 6.76. The van der Waals surface area contributed by atoms with E-state index in [9.17, 15) is 14.7 Å². The molecular formula is C18H26N2O3S. The molecule has 1 heterocycles. The molecule has 0 radical (unpaired) electrons. The Hall–Kier alpha value is -1.69. The van der Waals surface area contributed by atoms with Crippen molar-refractivity contribution in [3.8, 4) is 0 Å². The number of carbonyl (C=O) groups excluding carboxylic acids is 1. The Kier molecular flexibility index (Phi) is 6.54. The average Bonchev–Trinajstić information content (AvgIpc) is 2.53. The van der Waals surface area contributed by atoms with Gasteiger partial charge in [-0.05, 0) is 38.3 Å². The minimum absolute atomic E-state index is 0.0179. The van der Waals surface area contributed by atoms with Crippen molar-refractivity contribution in [1.29, 1.82) is 0 Å². The summed E-state index contributed by atoms with van der Waals surface area (Å²) in [5.41, 5.74) is 1.23. The summed E-state index contributed by atoms with van der Waals surface area (Å²) in [4.78, 5) is 26.4. The molecule has 1 saturated heterocycles. The van der Waals surface area contributed by atoms with Gasteiger partial charge in [-0.1, -0.05) is 24.6 Å². The second-order valence-corrected chi connectivity index (χ2v) is 7.85. The Balaban J connectivity index is 1.82. The minimum Gasteiger partial charge on any atom is -0.481 e. The molecule has 0 spiro atoms. The van der Waals surface area contributed by atoms with Crippen LogP contribution in [0.5, 0.6) is 0 Å². The Morgan fingerprint density at radius 1 is 1.33 bits per heavy atom. The molecule has 132 valence electrons. The summed E-state index contributed by atoms with van der Waals surface area (Å²) in [7, 11) is 0. The average molecular weight is 350 g/mol. The Morgan fingerprint density at radius 3 is 2.62 bits per heavy atom. The Bertz CT molecular complexity index is 576. The van der Waals surface area contributed by atoms with E-state index in [-0.39, 0.29) is 18.0 Å². The fourth-order valence-electron chi connectivity index (χ4n) is 2.90. The van der Waals surface area contributed by atoms with Gasteiger partial charge < -0.3 is 15.3 Å². The van der Waals surface area contributed by atoms with E-state index in [2.05, 4.69) is 36.5 Å². The third-order valence-corrected chi connectivity index (χ3v) is 5.46. The van der Waals surface area contributed by atoms with Crippen molar-refractivity contribution in [2.45, 2.75) is 38.1 Å². The number of urea groups is 1. The summed E-state index contributed by atoms with van der Waals surface area (Å²) in [5.74, 6) is -0.289. The summed E-state index contributed by atoms with van der Waals surface area (Å²) in [6.07, 6.45) is 0.637. The number of aryl methyl sites for hydroxylation is 1. The highest BCUT2D eigenvalue weighted by Gasteiger charge is 2.32. The van der Waals surface area contributed by atoms with Gasteiger partial charge in [0.25, 0.3) is 0 Å². The molecular weight excluding hydrogens is 324 g/mol. The summed E-state index contributed by atoms with van der Waals surface area (Å²) in [6, 6.07) is 8.17. The fraction of sp³-hybridized carbons (Fsp3) is 0.556. The van der Waals surface area contributed by atoms with E-state index in [0.29, 0.717) is 19.5 Å². The number of benzene rings is 1. The lowest BCUT2D eigenvalue weighted by Crippen LogP contribution is -2.51.